The number of carbonyl (C=O) groups is 1. The molecule has 0 atom stereocenters. The Balaban J connectivity index is 1.33. The third-order valence-electron chi connectivity index (χ3n) is 4.77. The number of piperazine rings is 1. The van der Waals surface area contributed by atoms with Crippen molar-refractivity contribution in [1.29, 1.82) is 0 Å². The van der Waals surface area contributed by atoms with Gasteiger partial charge in [-0.1, -0.05) is 0 Å². The van der Waals surface area contributed by atoms with E-state index in [1.165, 1.54) is 0 Å². The monoisotopic (exact) mass is 342 g/mol. The molecule has 1 aliphatic carbocycles. The van der Waals surface area contributed by atoms with Crippen LogP contribution in [0.25, 0.3) is 11.5 Å². The van der Waals surface area contributed by atoms with E-state index in [0.29, 0.717) is 30.2 Å². The van der Waals surface area contributed by atoms with E-state index in [1.54, 1.807) is 7.11 Å². The van der Waals surface area contributed by atoms with Gasteiger partial charge in [0, 0.05) is 37.7 Å². The summed E-state index contributed by atoms with van der Waals surface area (Å²) in [6, 6.07) is 7.54. The molecule has 1 aromatic carbocycles. The molecule has 7 nitrogen and oxygen atoms in total. The lowest BCUT2D eigenvalue weighted by Gasteiger charge is -2.34. The maximum Gasteiger partial charge on any atom is 0.247 e. The van der Waals surface area contributed by atoms with Crippen LogP contribution in [0.15, 0.2) is 28.7 Å². The molecule has 2 heterocycles. The maximum atomic E-state index is 12.1. The fourth-order valence-corrected chi connectivity index (χ4v) is 3.07. The lowest BCUT2D eigenvalue weighted by molar-refractivity contribution is -0.134. The van der Waals surface area contributed by atoms with Crippen molar-refractivity contribution in [3.8, 4) is 17.2 Å². The first-order chi connectivity index (χ1) is 12.2. The summed E-state index contributed by atoms with van der Waals surface area (Å²) in [4.78, 5) is 16.3. The van der Waals surface area contributed by atoms with Crippen LogP contribution in [-0.2, 0) is 11.3 Å². The summed E-state index contributed by atoms with van der Waals surface area (Å²) in [5, 5.41) is 8.28. The van der Waals surface area contributed by atoms with Gasteiger partial charge in [-0.25, -0.2) is 0 Å². The van der Waals surface area contributed by atoms with E-state index in [1.807, 2.05) is 29.2 Å². The van der Waals surface area contributed by atoms with Gasteiger partial charge in [-0.3, -0.25) is 9.69 Å². The Labute approximate surface area is 146 Å². The molecule has 7 heteroatoms. The van der Waals surface area contributed by atoms with Crippen molar-refractivity contribution in [2.75, 3.05) is 33.3 Å². The molecule has 0 bridgehead atoms. The maximum absolute atomic E-state index is 12.1. The normalized spacial score (nSPS) is 18.4. The predicted molar refractivity (Wildman–Crippen MR) is 90.9 cm³/mol. The summed E-state index contributed by atoms with van der Waals surface area (Å²) in [5.74, 6) is 2.55. The third kappa shape index (κ3) is 3.66. The van der Waals surface area contributed by atoms with Gasteiger partial charge in [0.1, 0.15) is 5.75 Å². The Morgan fingerprint density at radius 1 is 1.16 bits per heavy atom. The van der Waals surface area contributed by atoms with Gasteiger partial charge in [0.2, 0.25) is 17.7 Å². The number of hydrogen-bond acceptors (Lipinski definition) is 6. The largest absolute Gasteiger partial charge is 0.497 e. The van der Waals surface area contributed by atoms with E-state index in [2.05, 4.69) is 15.1 Å². The van der Waals surface area contributed by atoms with E-state index in [9.17, 15) is 4.79 Å². The Hall–Kier alpha value is -2.41. The Kier molecular flexibility index (Phi) is 4.40. The lowest BCUT2D eigenvalue weighted by atomic mass is 10.2. The molecule has 0 unspecified atom stereocenters. The van der Waals surface area contributed by atoms with Gasteiger partial charge >= 0.3 is 0 Å². The SMILES string of the molecule is COc1ccc(-c2nnc(CN3CCN(C(=O)C4CC4)CC3)o2)cc1. The Bertz CT molecular complexity index is 731. The van der Waals surface area contributed by atoms with Gasteiger partial charge in [0.05, 0.1) is 13.7 Å². The van der Waals surface area contributed by atoms with Crippen LogP contribution in [0.2, 0.25) is 0 Å². The molecule has 1 aromatic heterocycles. The van der Waals surface area contributed by atoms with Crippen LogP contribution in [0.1, 0.15) is 18.7 Å². The van der Waals surface area contributed by atoms with E-state index in [4.69, 9.17) is 9.15 Å². The van der Waals surface area contributed by atoms with E-state index in [-0.39, 0.29) is 0 Å². The first kappa shape index (κ1) is 16.1. The Morgan fingerprint density at radius 3 is 2.52 bits per heavy atom. The first-order valence-electron chi connectivity index (χ1n) is 8.71. The van der Waals surface area contributed by atoms with Gasteiger partial charge in [0.25, 0.3) is 0 Å². The zero-order chi connectivity index (χ0) is 17.2. The summed E-state index contributed by atoms with van der Waals surface area (Å²) in [6.07, 6.45) is 2.13. The van der Waals surface area contributed by atoms with Gasteiger partial charge in [0.15, 0.2) is 0 Å². The van der Waals surface area contributed by atoms with Crippen molar-refractivity contribution in [3.05, 3.63) is 30.2 Å². The van der Waals surface area contributed by atoms with Crippen LogP contribution in [0, 0.1) is 5.92 Å². The smallest absolute Gasteiger partial charge is 0.247 e. The van der Waals surface area contributed by atoms with Crippen molar-refractivity contribution < 1.29 is 13.9 Å². The molecule has 2 aromatic rings. The van der Waals surface area contributed by atoms with Crippen LogP contribution in [0.5, 0.6) is 5.75 Å². The second-order valence-electron chi connectivity index (χ2n) is 6.61. The molecule has 0 radical (unpaired) electrons. The molecule has 1 aliphatic heterocycles. The lowest BCUT2D eigenvalue weighted by Crippen LogP contribution is -2.48. The van der Waals surface area contributed by atoms with Gasteiger partial charge in [-0.15, -0.1) is 10.2 Å². The van der Waals surface area contributed by atoms with Crippen LogP contribution in [0.4, 0.5) is 0 Å². The summed E-state index contributed by atoms with van der Waals surface area (Å²) >= 11 is 0. The van der Waals surface area contributed by atoms with Crippen molar-refractivity contribution in [2.24, 2.45) is 5.92 Å². The number of nitrogens with zero attached hydrogens (tertiary/aromatic N) is 4. The zero-order valence-electron chi connectivity index (χ0n) is 14.4. The van der Waals surface area contributed by atoms with E-state index < -0.39 is 0 Å². The quantitative estimate of drug-likeness (QED) is 0.825. The van der Waals surface area contributed by atoms with Crippen LogP contribution >= 0.6 is 0 Å². The predicted octanol–water partition coefficient (Wildman–Crippen LogP) is 1.80. The molecule has 1 saturated carbocycles. The highest BCUT2D eigenvalue weighted by molar-refractivity contribution is 5.81. The topological polar surface area (TPSA) is 71.7 Å². The zero-order valence-corrected chi connectivity index (χ0v) is 14.4. The molecule has 2 aliphatic rings. The van der Waals surface area contributed by atoms with Crippen molar-refractivity contribution >= 4 is 5.91 Å². The highest BCUT2D eigenvalue weighted by atomic mass is 16.5. The molecular formula is C18H22N4O3. The molecule has 1 saturated heterocycles. The number of benzene rings is 1. The minimum Gasteiger partial charge on any atom is -0.497 e. The minimum absolute atomic E-state index is 0.301. The first-order valence-corrected chi connectivity index (χ1v) is 8.71. The van der Waals surface area contributed by atoms with Gasteiger partial charge in [-0.05, 0) is 37.1 Å². The number of aromatic nitrogens is 2. The number of hydrogen-bond donors (Lipinski definition) is 0. The Morgan fingerprint density at radius 2 is 1.88 bits per heavy atom. The van der Waals surface area contributed by atoms with Crippen LogP contribution < -0.4 is 4.74 Å². The number of methoxy groups -OCH3 is 1. The molecular weight excluding hydrogens is 320 g/mol. The number of amides is 1. The van der Waals surface area contributed by atoms with E-state index in [0.717, 1.165) is 50.3 Å². The molecule has 4 rings (SSSR count). The van der Waals surface area contributed by atoms with Crippen LogP contribution in [0.3, 0.4) is 0 Å². The summed E-state index contributed by atoms with van der Waals surface area (Å²) in [6.45, 7) is 3.88. The summed E-state index contributed by atoms with van der Waals surface area (Å²) in [7, 11) is 1.64. The standard InChI is InChI=1S/C18H22N4O3/c1-24-15-6-4-13(5-7-15)17-20-19-16(25-17)12-21-8-10-22(11-9-21)18(23)14-2-3-14/h4-7,14H,2-3,8-12H2,1H3. The highest BCUT2D eigenvalue weighted by Crippen LogP contribution is 2.31. The van der Waals surface area contributed by atoms with Gasteiger partial charge in [-0.2, -0.15) is 0 Å². The fraction of sp³-hybridized carbons (Fsp3) is 0.500. The summed E-state index contributed by atoms with van der Waals surface area (Å²) in [5.41, 5.74) is 0.874. The van der Waals surface area contributed by atoms with Crippen molar-refractivity contribution in [1.82, 2.24) is 20.0 Å². The van der Waals surface area contributed by atoms with Crippen LogP contribution in [-0.4, -0.2) is 59.2 Å². The molecule has 25 heavy (non-hydrogen) atoms. The fourth-order valence-electron chi connectivity index (χ4n) is 3.07. The minimum atomic E-state index is 0.301. The molecule has 1 amide bonds. The second-order valence-corrected chi connectivity index (χ2v) is 6.61. The van der Waals surface area contributed by atoms with Crippen molar-refractivity contribution in [2.45, 2.75) is 19.4 Å². The average molecular weight is 342 g/mol. The average Bonchev–Trinajstić information content (AvgIpc) is 3.41. The third-order valence-corrected chi connectivity index (χ3v) is 4.77. The van der Waals surface area contributed by atoms with E-state index >= 15 is 0 Å². The van der Waals surface area contributed by atoms with Crippen molar-refractivity contribution in [3.63, 3.8) is 0 Å². The molecule has 0 spiro atoms. The summed E-state index contributed by atoms with van der Waals surface area (Å²) < 4.78 is 10.9. The molecule has 2 fully saturated rings. The second kappa shape index (κ2) is 6.84. The van der Waals surface area contributed by atoms with Gasteiger partial charge < -0.3 is 14.1 Å². The number of ether oxygens (including phenoxy) is 1. The molecule has 0 N–H and O–H groups in total. The highest BCUT2D eigenvalue weighted by Gasteiger charge is 2.34. The number of rotatable bonds is 5. The molecule has 132 valence electrons. The number of carbonyl (C=O) groups excluding carboxylic acids is 1.